The minimum Gasteiger partial charge on any atom is -0.477 e. The molecule has 0 unspecified atom stereocenters. The largest absolute Gasteiger partial charge is 0.477 e. The van der Waals surface area contributed by atoms with Crippen LogP contribution in [0.15, 0.2) is 12.3 Å². The molecule has 2 aliphatic rings. The van der Waals surface area contributed by atoms with Gasteiger partial charge in [0.1, 0.15) is 5.82 Å². The summed E-state index contributed by atoms with van der Waals surface area (Å²) in [6, 6.07) is 2.13. The molecule has 0 aromatic carbocycles. The molecule has 0 aliphatic heterocycles. The Hall–Kier alpha value is -1.16. The first-order valence-electron chi connectivity index (χ1n) is 7.32. The van der Waals surface area contributed by atoms with Crippen LogP contribution in [0.1, 0.15) is 44.1 Å². The molecule has 4 heteroatoms. The summed E-state index contributed by atoms with van der Waals surface area (Å²) >= 11 is 0. The van der Waals surface area contributed by atoms with Gasteiger partial charge in [-0.25, -0.2) is 9.37 Å². The standard InChI is InChI=1S/C15H21FN2O/c16-13-8-12(9-17-14-4-5-14)15(18-10-13)19-7-6-11-2-1-3-11/h8,10-11,14,17H,1-7,9H2. The van der Waals surface area contributed by atoms with Crippen molar-refractivity contribution in [2.45, 2.75) is 51.1 Å². The van der Waals surface area contributed by atoms with Gasteiger partial charge in [0.05, 0.1) is 12.8 Å². The van der Waals surface area contributed by atoms with Crippen LogP contribution in [0.2, 0.25) is 0 Å². The number of pyridine rings is 1. The van der Waals surface area contributed by atoms with Crippen LogP contribution in [-0.4, -0.2) is 17.6 Å². The molecule has 2 aliphatic carbocycles. The number of hydrogen-bond acceptors (Lipinski definition) is 3. The van der Waals surface area contributed by atoms with E-state index in [1.54, 1.807) is 0 Å². The van der Waals surface area contributed by atoms with Crippen LogP contribution < -0.4 is 10.1 Å². The van der Waals surface area contributed by atoms with Crippen molar-refractivity contribution in [1.29, 1.82) is 0 Å². The van der Waals surface area contributed by atoms with Crippen LogP contribution >= 0.6 is 0 Å². The van der Waals surface area contributed by atoms with E-state index in [1.165, 1.54) is 44.4 Å². The molecular formula is C15H21FN2O. The summed E-state index contributed by atoms with van der Waals surface area (Å²) in [4.78, 5) is 4.08. The van der Waals surface area contributed by atoms with Gasteiger partial charge in [0.25, 0.3) is 0 Å². The van der Waals surface area contributed by atoms with E-state index in [4.69, 9.17) is 4.74 Å². The quantitative estimate of drug-likeness (QED) is 0.822. The molecule has 0 radical (unpaired) electrons. The lowest BCUT2D eigenvalue weighted by molar-refractivity contribution is 0.215. The third-order valence-electron chi connectivity index (χ3n) is 4.04. The van der Waals surface area contributed by atoms with E-state index >= 15 is 0 Å². The molecule has 1 aromatic rings. The maximum absolute atomic E-state index is 13.3. The number of ether oxygens (including phenoxy) is 1. The van der Waals surface area contributed by atoms with Gasteiger partial charge in [-0.1, -0.05) is 19.3 Å². The van der Waals surface area contributed by atoms with Crippen LogP contribution in [0.25, 0.3) is 0 Å². The highest BCUT2D eigenvalue weighted by atomic mass is 19.1. The van der Waals surface area contributed by atoms with E-state index in [9.17, 15) is 4.39 Å². The summed E-state index contributed by atoms with van der Waals surface area (Å²) in [6.45, 7) is 1.34. The summed E-state index contributed by atoms with van der Waals surface area (Å²) in [5.74, 6) is 1.13. The average Bonchev–Trinajstić information content (AvgIpc) is 3.15. The Morgan fingerprint density at radius 1 is 1.32 bits per heavy atom. The van der Waals surface area contributed by atoms with Crippen LogP contribution in [0, 0.1) is 11.7 Å². The summed E-state index contributed by atoms with van der Waals surface area (Å²) in [7, 11) is 0. The van der Waals surface area contributed by atoms with Crippen molar-refractivity contribution >= 4 is 0 Å². The van der Waals surface area contributed by atoms with Crippen molar-refractivity contribution in [2.24, 2.45) is 5.92 Å². The normalized spacial score (nSPS) is 19.2. The average molecular weight is 264 g/mol. The van der Waals surface area contributed by atoms with E-state index in [0.29, 0.717) is 25.1 Å². The zero-order chi connectivity index (χ0) is 13.1. The molecule has 1 N–H and O–H groups in total. The first kappa shape index (κ1) is 12.9. The second kappa shape index (κ2) is 5.87. The molecule has 0 amide bonds. The molecule has 1 aromatic heterocycles. The molecule has 2 fully saturated rings. The summed E-state index contributed by atoms with van der Waals surface area (Å²) < 4.78 is 19.0. The SMILES string of the molecule is Fc1cnc(OCCC2CCC2)c(CNC2CC2)c1. The van der Waals surface area contributed by atoms with Gasteiger partial charge >= 0.3 is 0 Å². The van der Waals surface area contributed by atoms with Crippen molar-refractivity contribution < 1.29 is 9.13 Å². The van der Waals surface area contributed by atoms with Gasteiger partial charge in [0, 0.05) is 18.2 Å². The number of nitrogens with one attached hydrogen (secondary N) is 1. The Balaban J connectivity index is 1.54. The Morgan fingerprint density at radius 3 is 2.84 bits per heavy atom. The van der Waals surface area contributed by atoms with E-state index in [-0.39, 0.29) is 5.82 Å². The molecule has 0 atom stereocenters. The highest BCUT2D eigenvalue weighted by molar-refractivity contribution is 5.26. The zero-order valence-electron chi connectivity index (χ0n) is 11.2. The second-order valence-corrected chi connectivity index (χ2v) is 5.71. The molecule has 19 heavy (non-hydrogen) atoms. The Morgan fingerprint density at radius 2 is 2.16 bits per heavy atom. The van der Waals surface area contributed by atoms with Gasteiger partial charge in [0.15, 0.2) is 0 Å². The lowest BCUT2D eigenvalue weighted by Gasteiger charge is -2.25. The summed E-state index contributed by atoms with van der Waals surface area (Å²) in [5.41, 5.74) is 0.834. The van der Waals surface area contributed by atoms with Gasteiger partial charge in [-0.3, -0.25) is 0 Å². The smallest absolute Gasteiger partial charge is 0.218 e. The lowest BCUT2D eigenvalue weighted by Crippen LogP contribution is -2.18. The van der Waals surface area contributed by atoms with Gasteiger partial charge in [-0.2, -0.15) is 0 Å². The molecule has 1 heterocycles. The third kappa shape index (κ3) is 3.66. The number of aromatic nitrogens is 1. The van der Waals surface area contributed by atoms with Crippen LogP contribution in [0.5, 0.6) is 5.88 Å². The van der Waals surface area contributed by atoms with Crippen molar-refractivity contribution in [3.05, 3.63) is 23.6 Å². The topological polar surface area (TPSA) is 34.1 Å². The summed E-state index contributed by atoms with van der Waals surface area (Å²) in [6.07, 6.45) is 8.79. The van der Waals surface area contributed by atoms with E-state index in [2.05, 4.69) is 10.3 Å². The van der Waals surface area contributed by atoms with Crippen molar-refractivity contribution in [3.63, 3.8) is 0 Å². The fourth-order valence-electron chi connectivity index (χ4n) is 2.37. The summed E-state index contributed by atoms with van der Waals surface area (Å²) in [5, 5.41) is 3.38. The molecule has 2 saturated carbocycles. The predicted molar refractivity (Wildman–Crippen MR) is 71.5 cm³/mol. The molecule has 3 nitrogen and oxygen atoms in total. The fraction of sp³-hybridized carbons (Fsp3) is 0.667. The number of halogens is 1. The number of rotatable bonds is 7. The van der Waals surface area contributed by atoms with Gasteiger partial charge in [-0.15, -0.1) is 0 Å². The maximum Gasteiger partial charge on any atom is 0.218 e. The Labute approximate surface area is 113 Å². The minimum atomic E-state index is -0.293. The minimum absolute atomic E-state index is 0.293. The molecule has 0 spiro atoms. The van der Waals surface area contributed by atoms with Crippen molar-refractivity contribution in [1.82, 2.24) is 10.3 Å². The molecule has 0 bridgehead atoms. The molecule has 0 saturated heterocycles. The van der Waals surface area contributed by atoms with Crippen LogP contribution in [0.3, 0.4) is 0 Å². The fourth-order valence-corrected chi connectivity index (χ4v) is 2.37. The first-order valence-corrected chi connectivity index (χ1v) is 7.32. The van der Waals surface area contributed by atoms with E-state index in [0.717, 1.165) is 17.9 Å². The second-order valence-electron chi connectivity index (χ2n) is 5.71. The monoisotopic (exact) mass is 264 g/mol. The third-order valence-corrected chi connectivity index (χ3v) is 4.04. The Bertz CT molecular complexity index is 430. The van der Waals surface area contributed by atoms with E-state index < -0.39 is 0 Å². The van der Waals surface area contributed by atoms with Crippen LogP contribution in [-0.2, 0) is 6.54 Å². The van der Waals surface area contributed by atoms with Gasteiger partial charge < -0.3 is 10.1 Å². The van der Waals surface area contributed by atoms with Gasteiger partial charge in [0.2, 0.25) is 5.88 Å². The van der Waals surface area contributed by atoms with Gasteiger partial charge in [-0.05, 0) is 31.2 Å². The Kier molecular flexibility index (Phi) is 3.97. The number of nitrogens with zero attached hydrogens (tertiary/aromatic N) is 1. The highest BCUT2D eigenvalue weighted by Crippen LogP contribution is 2.29. The first-order chi connectivity index (χ1) is 9.31. The number of hydrogen-bond donors (Lipinski definition) is 1. The maximum atomic E-state index is 13.3. The molecular weight excluding hydrogens is 243 g/mol. The molecule has 3 rings (SSSR count). The van der Waals surface area contributed by atoms with Crippen molar-refractivity contribution in [2.75, 3.05) is 6.61 Å². The molecule has 104 valence electrons. The predicted octanol–water partition coefficient (Wildman–Crippen LogP) is 3.04. The van der Waals surface area contributed by atoms with Crippen LogP contribution in [0.4, 0.5) is 4.39 Å². The highest BCUT2D eigenvalue weighted by Gasteiger charge is 2.21. The lowest BCUT2D eigenvalue weighted by atomic mass is 9.83. The van der Waals surface area contributed by atoms with Crippen molar-refractivity contribution in [3.8, 4) is 5.88 Å². The zero-order valence-corrected chi connectivity index (χ0v) is 11.2. The van der Waals surface area contributed by atoms with E-state index in [1.807, 2.05) is 0 Å².